The van der Waals surface area contributed by atoms with E-state index in [0.29, 0.717) is 17.3 Å². The van der Waals surface area contributed by atoms with Crippen molar-refractivity contribution in [2.45, 2.75) is 13.8 Å². The number of hydrogen-bond acceptors (Lipinski definition) is 5. The molecule has 7 nitrogen and oxygen atoms in total. The summed E-state index contributed by atoms with van der Waals surface area (Å²) in [5.74, 6) is 0.655. The van der Waals surface area contributed by atoms with Gasteiger partial charge in [-0.1, -0.05) is 15.9 Å². The Morgan fingerprint density at radius 1 is 1.31 bits per heavy atom. The normalized spacial score (nSPS) is 10.8. The monoisotopic (exact) mass is 418 g/mol. The number of pyridine rings is 1. The van der Waals surface area contributed by atoms with E-state index in [0.717, 1.165) is 26.8 Å². The van der Waals surface area contributed by atoms with Crippen LogP contribution in [0.5, 0.6) is 11.6 Å². The number of ether oxygens (including phenoxy) is 2. The molecule has 1 N–H and O–H groups in total. The van der Waals surface area contributed by atoms with Gasteiger partial charge < -0.3 is 14.8 Å². The quantitative estimate of drug-likeness (QED) is 0.686. The van der Waals surface area contributed by atoms with Crippen molar-refractivity contribution >= 4 is 38.6 Å². The Labute approximate surface area is 159 Å². The number of aromatic nitrogens is 3. The molecule has 1 aromatic carbocycles. The van der Waals surface area contributed by atoms with Crippen molar-refractivity contribution < 1.29 is 14.3 Å². The summed E-state index contributed by atoms with van der Waals surface area (Å²) in [6.45, 7) is 3.73. The van der Waals surface area contributed by atoms with Crippen LogP contribution in [-0.4, -0.2) is 34.4 Å². The molecule has 136 valence electrons. The fraction of sp³-hybridized carbons (Fsp3) is 0.278. The Balaban J connectivity index is 1.77. The number of anilines is 1. The molecule has 0 fully saturated rings. The third kappa shape index (κ3) is 3.65. The molecule has 3 aromatic rings. The van der Waals surface area contributed by atoms with E-state index in [2.05, 4.69) is 31.3 Å². The van der Waals surface area contributed by atoms with Crippen molar-refractivity contribution in [1.82, 2.24) is 14.8 Å². The van der Waals surface area contributed by atoms with E-state index in [-0.39, 0.29) is 12.5 Å². The van der Waals surface area contributed by atoms with Crippen LogP contribution in [0.1, 0.15) is 11.3 Å². The van der Waals surface area contributed by atoms with Gasteiger partial charge in [0.15, 0.2) is 12.3 Å². The largest absolute Gasteiger partial charge is 0.495 e. The highest BCUT2D eigenvalue weighted by Gasteiger charge is 2.16. The number of fused-ring (bicyclic) bond motifs is 1. The van der Waals surface area contributed by atoms with Gasteiger partial charge >= 0.3 is 0 Å². The standard InChI is InChI=1S/C18H19BrN4O3/c1-10-7-11(2)20-17-16(10)18(22-23(17)3)26-9-15(24)21-13-8-12(19)5-6-14(13)25-4/h5-8H,9H2,1-4H3,(H,21,24). The lowest BCUT2D eigenvalue weighted by Gasteiger charge is -2.11. The Bertz CT molecular complexity index is 984. The Morgan fingerprint density at radius 2 is 2.08 bits per heavy atom. The Morgan fingerprint density at radius 3 is 2.81 bits per heavy atom. The number of hydrogen-bond donors (Lipinski definition) is 1. The van der Waals surface area contributed by atoms with Crippen LogP contribution in [0.15, 0.2) is 28.7 Å². The molecule has 2 heterocycles. The second-order valence-corrected chi connectivity index (χ2v) is 6.81. The molecule has 26 heavy (non-hydrogen) atoms. The Kier molecular flexibility index (Phi) is 5.13. The predicted molar refractivity (Wildman–Crippen MR) is 103 cm³/mol. The summed E-state index contributed by atoms with van der Waals surface area (Å²) >= 11 is 3.38. The molecule has 8 heteroatoms. The summed E-state index contributed by atoms with van der Waals surface area (Å²) in [5.41, 5.74) is 3.20. The van der Waals surface area contributed by atoms with E-state index >= 15 is 0 Å². The molecule has 0 atom stereocenters. The average Bonchev–Trinajstić information content (AvgIpc) is 2.89. The van der Waals surface area contributed by atoms with E-state index in [9.17, 15) is 4.79 Å². The van der Waals surface area contributed by atoms with Crippen LogP contribution in [0, 0.1) is 13.8 Å². The zero-order chi connectivity index (χ0) is 18.8. The second kappa shape index (κ2) is 7.33. The number of benzene rings is 1. The number of carbonyl (C=O) groups excluding carboxylic acids is 1. The number of aryl methyl sites for hydroxylation is 3. The van der Waals surface area contributed by atoms with E-state index in [4.69, 9.17) is 9.47 Å². The van der Waals surface area contributed by atoms with Crippen molar-refractivity contribution in [1.29, 1.82) is 0 Å². The Hall–Kier alpha value is -2.61. The van der Waals surface area contributed by atoms with Gasteiger partial charge in [-0.2, -0.15) is 0 Å². The summed E-state index contributed by atoms with van der Waals surface area (Å²) in [6, 6.07) is 7.33. The first-order valence-corrected chi connectivity index (χ1v) is 8.75. The summed E-state index contributed by atoms with van der Waals surface area (Å²) in [5, 5.41) is 7.93. The molecule has 0 bridgehead atoms. The topological polar surface area (TPSA) is 78.3 Å². The van der Waals surface area contributed by atoms with Crippen LogP contribution in [0.25, 0.3) is 11.0 Å². The van der Waals surface area contributed by atoms with Gasteiger partial charge in [-0.25, -0.2) is 9.67 Å². The molecule has 0 aliphatic carbocycles. The van der Waals surface area contributed by atoms with E-state index in [1.165, 1.54) is 0 Å². The lowest BCUT2D eigenvalue weighted by atomic mass is 10.2. The highest BCUT2D eigenvalue weighted by Crippen LogP contribution is 2.29. The lowest BCUT2D eigenvalue weighted by Crippen LogP contribution is -2.20. The highest BCUT2D eigenvalue weighted by atomic mass is 79.9. The first-order chi connectivity index (χ1) is 12.4. The van der Waals surface area contributed by atoms with Crippen LogP contribution in [0.4, 0.5) is 5.69 Å². The first kappa shape index (κ1) is 18.2. The number of amides is 1. The lowest BCUT2D eigenvalue weighted by molar-refractivity contribution is -0.118. The molecule has 2 aromatic heterocycles. The summed E-state index contributed by atoms with van der Waals surface area (Å²) in [6.07, 6.45) is 0. The van der Waals surface area contributed by atoms with Gasteiger partial charge in [-0.05, 0) is 43.7 Å². The van der Waals surface area contributed by atoms with Crippen LogP contribution in [-0.2, 0) is 11.8 Å². The number of methoxy groups -OCH3 is 1. The van der Waals surface area contributed by atoms with Crippen molar-refractivity contribution in [3.8, 4) is 11.6 Å². The maximum Gasteiger partial charge on any atom is 0.262 e. The molecule has 0 radical (unpaired) electrons. The van der Waals surface area contributed by atoms with Gasteiger partial charge in [0.25, 0.3) is 5.91 Å². The maximum atomic E-state index is 12.3. The molecule has 0 saturated heterocycles. The molecule has 0 unspecified atom stereocenters. The van der Waals surface area contributed by atoms with Crippen molar-refractivity contribution in [2.75, 3.05) is 19.0 Å². The minimum absolute atomic E-state index is 0.172. The van der Waals surface area contributed by atoms with Gasteiger partial charge in [-0.3, -0.25) is 4.79 Å². The molecule has 0 aliphatic rings. The molecular weight excluding hydrogens is 400 g/mol. The maximum absolute atomic E-state index is 12.3. The minimum atomic E-state index is -0.307. The number of rotatable bonds is 5. The van der Waals surface area contributed by atoms with E-state index in [1.54, 1.807) is 31.0 Å². The average molecular weight is 419 g/mol. The first-order valence-electron chi connectivity index (χ1n) is 7.96. The number of nitrogens with one attached hydrogen (secondary N) is 1. The third-order valence-electron chi connectivity index (χ3n) is 3.86. The van der Waals surface area contributed by atoms with Crippen LogP contribution in [0.3, 0.4) is 0 Å². The van der Waals surface area contributed by atoms with Gasteiger partial charge in [0.05, 0.1) is 18.2 Å². The van der Waals surface area contributed by atoms with E-state index < -0.39 is 0 Å². The second-order valence-electron chi connectivity index (χ2n) is 5.89. The number of carbonyl (C=O) groups is 1. The minimum Gasteiger partial charge on any atom is -0.495 e. The van der Waals surface area contributed by atoms with Crippen LogP contribution in [0.2, 0.25) is 0 Å². The number of halogens is 1. The van der Waals surface area contributed by atoms with Gasteiger partial charge in [-0.15, -0.1) is 5.10 Å². The molecular formula is C18H19BrN4O3. The third-order valence-corrected chi connectivity index (χ3v) is 4.36. The predicted octanol–water partition coefficient (Wildman–Crippen LogP) is 3.37. The van der Waals surface area contributed by atoms with Crippen LogP contribution < -0.4 is 14.8 Å². The van der Waals surface area contributed by atoms with Gasteiger partial charge in [0, 0.05) is 17.2 Å². The smallest absolute Gasteiger partial charge is 0.262 e. The van der Waals surface area contributed by atoms with Crippen LogP contribution >= 0.6 is 15.9 Å². The fourth-order valence-corrected chi connectivity index (χ4v) is 3.11. The fourth-order valence-electron chi connectivity index (χ4n) is 2.75. The molecule has 0 spiro atoms. The van der Waals surface area contributed by atoms with Gasteiger partial charge in [0.1, 0.15) is 5.75 Å². The number of nitrogens with zero attached hydrogens (tertiary/aromatic N) is 3. The zero-order valence-corrected chi connectivity index (χ0v) is 16.5. The SMILES string of the molecule is COc1ccc(Br)cc1NC(=O)COc1nn(C)c2nc(C)cc(C)c12. The van der Waals surface area contributed by atoms with Crippen molar-refractivity contribution in [2.24, 2.45) is 7.05 Å². The molecule has 3 rings (SSSR count). The highest BCUT2D eigenvalue weighted by molar-refractivity contribution is 9.10. The molecule has 0 saturated carbocycles. The van der Waals surface area contributed by atoms with E-state index in [1.807, 2.05) is 26.0 Å². The van der Waals surface area contributed by atoms with Crippen molar-refractivity contribution in [3.05, 3.63) is 40.0 Å². The molecule has 0 aliphatic heterocycles. The van der Waals surface area contributed by atoms with Gasteiger partial charge in [0.2, 0.25) is 5.88 Å². The van der Waals surface area contributed by atoms with Crippen molar-refractivity contribution in [3.63, 3.8) is 0 Å². The molecule has 1 amide bonds. The summed E-state index contributed by atoms with van der Waals surface area (Å²) in [4.78, 5) is 16.8. The summed E-state index contributed by atoms with van der Waals surface area (Å²) < 4.78 is 13.4. The zero-order valence-electron chi connectivity index (χ0n) is 15.0. The summed E-state index contributed by atoms with van der Waals surface area (Å²) in [7, 11) is 3.35.